The summed E-state index contributed by atoms with van der Waals surface area (Å²) in [5.41, 5.74) is 6.13. The van der Waals surface area contributed by atoms with E-state index in [1.807, 2.05) is 146 Å². The van der Waals surface area contributed by atoms with Crippen molar-refractivity contribution in [2.24, 2.45) is 0 Å². The zero-order valence-electron chi connectivity index (χ0n) is 22.3. The average molecular weight is 626 g/mol. The molecule has 5 aromatic rings. The van der Waals surface area contributed by atoms with Gasteiger partial charge in [-0.2, -0.15) is 0 Å². The maximum Gasteiger partial charge on any atom is 0.0894 e. The molecule has 0 unspecified atom stereocenters. The lowest BCUT2D eigenvalue weighted by Crippen LogP contribution is -2.00. The van der Waals surface area contributed by atoms with E-state index in [4.69, 9.17) is 56.4 Å². The molecule has 0 atom stereocenters. The summed E-state index contributed by atoms with van der Waals surface area (Å²) in [6.07, 6.45) is 15.4. The Kier molecular flexibility index (Phi) is 10.1. The molecule has 0 saturated carbocycles. The molecule has 0 N–H and O–H groups in total. The van der Waals surface area contributed by atoms with Crippen LogP contribution in [0.2, 0.25) is 20.1 Å². The Morgan fingerprint density at radius 2 is 0.524 bits per heavy atom. The second-order valence-electron chi connectivity index (χ2n) is 9.18. The number of hydrogen-bond donors (Lipinski definition) is 0. The first-order valence-electron chi connectivity index (χ1n) is 13.1. The topological polar surface area (TPSA) is 25.8 Å². The summed E-state index contributed by atoms with van der Waals surface area (Å²) < 4.78 is 0. The number of hydrogen-bond acceptors (Lipinski definition) is 2. The summed E-state index contributed by atoms with van der Waals surface area (Å²) in [5, 5.41) is 2.59. The molecule has 0 aliphatic carbocycles. The molecule has 0 fully saturated rings. The number of benzene rings is 4. The predicted molar refractivity (Wildman–Crippen MR) is 184 cm³/mol. The molecule has 5 rings (SSSR count). The van der Waals surface area contributed by atoms with E-state index in [1.54, 1.807) is 0 Å². The van der Waals surface area contributed by atoms with Crippen LogP contribution >= 0.6 is 46.4 Å². The molecule has 1 heterocycles. The van der Waals surface area contributed by atoms with Crippen LogP contribution in [0.5, 0.6) is 0 Å². The maximum atomic E-state index is 6.43. The molecule has 0 aliphatic heterocycles. The molecule has 0 saturated heterocycles. The first-order chi connectivity index (χ1) is 20.5. The minimum Gasteiger partial charge on any atom is -0.245 e. The number of nitrogens with zero attached hydrogens (tertiary/aromatic N) is 2. The molecule has 0 bridgehead atoms. The van der Waals surface area contributed by atoms with Crippen LogP contribution in [-0.4, -0.2) is 9.97 Å². The third-order valence-electron chi connectivity index (χ3n) is 6.31. The SMILES string of the molecule is Clc1ccccc1/C=C/c1nc(/C=C/c2ccccc2Cl)c(/C=C/c2ccccc2Cl)nc1/C=C/c1ccccc1Cl. The van der Waals surface area contributed by atoms with Gasteiger partial charge in [0.05, 0.1) is 22.8 Å². The number of halogens is 4. The third kappa shape index (κ3) is 7.67. The van der Waals surface area contributed by atoms with E-state index in [2.05, 4.69) is 0 Å². The Morgan fingerprint density at radius 1 is 0.310 bits per heavy atom. The maximum absolute atomic E-state index is 6.43. The summed E-state index contributed by atoms with van der Waals surface area (Å²) in [7, 11) is 0. The standard InChI is InChI=1S/C36H24Cl4N2/c37-29-13-5-1-9-25(29)17-21-33-34(22-18-26-10-2-6-14-30(26)38)42-36(24-20-28-12-4-8-16-32(28)40)35(41-33)23-19-27-11-3-7-15-31(27)39/h1-24H/b21-17+,22-18+,23-19+,24-20+. The molecule has 1 aromatic heterocycles. The molecule has 0 radical (unpaired) electrons. The lowest BCUT2D eigenvalue weighted by Gasteiger charge is -2.08. The summed E-state index contributed by atoms with van der Waals surface area (Å²) in [5.74, 6) is 0. The molecular weight excluding hydrogens is 602 g/mol. The molecule has 206 valence electrons. The Hall–Kier alpha value is -3.92. The van der Waals surface area contributed by atoms with Crippen LogP contribution in [0.15, 0.2) is 97.1 Å². The van der Waals surface area contributed by atoms with Crippen molar-refractivity contribution in [3.8, 4) is 0 Å². The lowest BCUT2D eigenvalue weighted by atomic mass is 10.1. The fourth-order valence-electron chi connectivity index (χ4n) is 4.10. The van der Waals surface area contributed by atoms with Gasteiger partial charge in [0.15, 0.2) is 0 Å². The van der Waals surface area contributed by atoms with Crippen LogP contribution < -0.4 is 0 Å². The van der Waals surface area contributed by atoms with E-state index in [9.17, 15) is 0 Å². The van der Waals surface area contributed by atoms with Gasteiger partial charge in [-0.05, 0) is 70.8 Å². The molecule has 0 spiro atoms. The average Bonchev–Trinajstić information content (AvgIpc) is 3.00. The third-order valence-corrected chi connectivity index (χ3v) is 7.69. The van der Waals surface area contributed by atoms with Crippen LogP contribution in [0, 0.1) is 0 Å². The highest BCUT2D eigenvalue weighted by Crippen LogP contribution is 2.25. The van der Waals surface area contributed by atoms with Gasteiger partial charge in [0.1, 0.15) is 0 Å². The van der Waals surface area contributed by atoms with E-state index in [-0.39, 0.29) is 0 Å². The summed E-state index contributed by atoms with van der Waals surface area (Å²) in [6.45, 7) is 0. The van der Waals surface area contributed by atoms with Crippen LogP contribution in [0.4, 0.5) is 0 Å². The highest BCUT2D eigenvalue weighted by Gasteiger charge is 2.09. The molecule has 2 nitrogen and oxygen atoms in total. The van der Waals surface area contributed by atoms with Crippen molar-refractivity contribution in [1.82, 2.24) is 9.97 Å². The minimum absolute atomic E-state index is 0.646. The predicted octanol–water partition coefficient (Wildman–Crippen LogP) is 11.8. The van der Waals surface area contributed by atoms with Gasteiger partial charge in [0.25, 0.3) is 0 Å². The van der Waals surface area contributed by atoms with E-state index in [0.29, 0.717) is 42.9 Å². The monoisotopic (exact) mass is 624 g/mol. The fraction of sp³-hybridized carbons (Fsp3) is 0. The summed E-state index contributed by atoms with van der Waals surface area (Å²) >= 11 is 25.7. The van der Waals surface area contributed by atoms with Gasteiger partial charge >= 0.3 is 0 Å². The van der Waals surface area contributed by atoms with Gasteiger partial charge in [0.2, 0.25) is 0 Å². The van der Waals surface area contributed by atoms with Gasteiger partial charge < -0.3 is 0 Å². The van der Waals surface area contributed by atoms with E-state index >= 15 is 0 Å². The second kappa shape index (κ2) is 14.3. The van der Waals surface area contributed by atoms with E-state index in [0.717, 1.165) is 22.3 Å². The zero-order chi connectivity index (χ0) is 29.3. The van der Waals surface area contributed by atoms with Crippen LogP contribution in [0.25, 0.3) is 48.6 Å². The van der Waals surface area contributed by atoms with Crippen molar-refractivity contribution >= 4 is 95.0 Å². The summed E-state index contributed by atoms with van der Waals surface area (Å²) in [4.78, 5) is 10.1. The quantitative estimate of drug-likeness (QED) is 0.171. The van der Waals surface area contributed by atoms with Gasteiger partial charge in [-0.3, -0.25) is 0 Å². The van der Waals surface area contributed by atoms with Crippen molar-refractivity contribution in [1.29, 1.82) is 0 Å². The molecule has 42 heavy (non-hydrogen) atoms. The highest BCUT2D eigenvalue weighted by atomic mass is 35.5. The van der Waals surface area contributed by atoms with E-state index < -0.39 is 0 Å². The van der Waals surface area contributed by atoms with Gasteiger partial charge in [-0.15, -0.1) is 0 Å². The van der Waals surface area contributed by atoms with Crippen molar-refractivity contribution in [2.45, 2.75) is 0 Å². The van der Waals surface area contributed by atoms with Crippen molar-refractivity contribution < 1.29 is 0 Å². The highest BCUT2D eigenvalue weighted by molar-refractivity contribution is 6.33. The lowest BCUT2D eigenvalue weighted by molar-refractivity contribution is 1.12. The molecule has 0 aliphatic rings. The Labute approximate surface area is 265 Å². The number of aromatic nitrogens is 2. The van der Waals surface area contributed by atoms with Crippen LogP contribution in [0.1, 0.15) is 45.0 Å². The largest absolute Gasteiger partial charge is 0.245 e. The van der Waals surface area contributed by atoms with E-state index in [1.165, 1.54) is 0 Å². The smallest absolute Gasteiger partial charge is 0.0894 e. The summed E-state index contributed by atoms with van der Waals surface area (Å²) in [6, 6.07) is 30.6. The van der Waals surface area contributed by atoms with Crippen LogP contribution in [0.3, 0.4) is 0 Å². The zero-order valence-corrected chi connectivity index (χ0v) is 25.3. The Morgan fingerprint density at radius 3 is 0.738 bits per heavy atom. The van der Waals surface area contributed by atoms with Crippen LogP contribution in [-0.2, 0) is 0 Å². The normalized spacial score (nSPS) is 11.9. The molecule has 4 aromatic carbocycles. The molecule has 6 heteroatoms. The Balaban J connectivity index is 1.66. The fourth-order valence-corrected chi connectivity index (χ4v) is 4.89. The second-order valence-corrected chi connectivity index (χ2v) is 10.8. The van der Waals surface area contributed by atoms with Crippen molar-refractivity contribution in [3.05, 3.63) is 162 Å². The van der Waals surface area contributed by atoms with Gasteiger partial charge in [0, 0.05) is 20.1 Å². The van der Waals surface area contributed by atoms with Gasteiger partial charge in [-0.25, -0.2) is 9.97 Å². The number of rotatable bonds is 8. The van der Waals surface area contributed by atoms with Crippen molar-refractivity contribution in [3.63, 3.8) is 0 Å². The minimum atomic E-state index is 0.646. The molecule has 0 amide bonds. The first-order valence-corrected chi connectivity index (χ1v) is 14.6. The Bertz CT molecular complexity index is 1570. The van der Waals surface area contributed by atoms with Crippen molar-refractivity contribution in [2.75, 3.05) is 0 Å². The van der Waals surface area contributed by atoms with Gasteiger partial charge in [-0.1, -0.05) is 144 Å². The first kappa shape index (κ1) is 29.6. The molecular formula is C36H24Cl4N2.